The SMILES string of the molecule is CC(=O)N(C(=O)C1CC(F)CN1n1ccc2cc(-c3ccnnc3)ccc21)C1CCCN(c2ccccc2Cl)C1=O. The molecule has 3 amide bonds. The smallest absolute Gasteiger partial charge is 0.254 e. The third kappa shape index (κ3) is 4.93. The van der Waals surface area contributed by atoms with Crippen molar-refractivity contribution in [2.24, 2.45) is 0 Å². The quantitative estimate of drug-likeness (QED) is 0.351. The van der Waals surface area contributed by atoms with E-state index >= 15 is 0 Å². The van der Waals surface area contributed by atoms with Crippen LogP contribution < -0.4 is 9.91 Å². The summed E-state index contributed by atoms with van der Waals surface area (Å²) in [6.45, 7) is 1.67. The van der Waals surface area contributed by atoms with Gasteiger partial charge in [-0.25, -0.2) is 4.39 Å². The second-order valence-corrected chi connectivity index (χ2v) is 10.8. The van der Waals surface area contributed by atoms with E-state index in [2.05, 4.69) is 10.2 Å². The fourth-order valence-corrected chi connectivity index (χ4v) is 6.16. The summed E-state index contributed by atoms with van der Waals surface area (Å²) in [5.41, 5.74) is 3.18. The van der Waals surface area contributed by atoms with Crippen LogP contribution in [0.2, 0.25) is 5.02 Å². The Morgan fingerprint density at radius 2 is 1.90 bits per heavy atom. The van der Waals surface area contributed by atoms with Gasteiger partial charge >= 0.3 is 0 Å². The highest BCUT2D eigenvalue weighted by Crippen LogP contribution is 2.32. The molecule has 0 saturated carbocycles. The predicted molar refractivity (Wildman–Crippen MR) is 154 cm³/mol. The zero-order chi connectivity index (χ0) is 28.7. The summed E-state index contributed by atoms with van der Waals surface area (Å²) in [4.78, 5) is 43.2. The number of alkyl halides is 1. The Morgan fingerprint density at radius 1 is 1.07 bits per heavy atom. The molecule has 4 aromatic rings. The lowest BCUT2D eigenvalue weighted by Gasteiger charge is -2.39. The van der Waals surface area contributed by atoms with E-state index < -0.39 is 30.1 Å². The van der Waals surface area contributed by atoms with Crippen molar-refractivity contribution >= 4 is 45.9 Å². The maximum atomic E-state index is 15.0. The van der Waals surface area contributed by atoms with E-state index in [1.807, 2.05) is 30.3 Å². The van der Waals surface area contributed by atoms with Crippen LogP contribution in [0.1, 0.15) is 26.2 Å². The molecule has 4 heterocycles. The summed E-state index contributed by atoms with van der Waals surface area (Å²) in [7, 11) is 0. The number of benzene rings is 2. The van der Waals surface area contributed by atoms with E-state index in [1.165, 1.54) is 11.8 Å². The van der Waals surface area contributed by atoms with Gasteiger partial charge < -0.3 is 4.90 Å². The second kappa shape index (κ2) is 10.9. The Hall–Kier alpha value is -4.31. The number of para-hydroxylation sites is 1. The lowest BCUT2D eigenvalue weighted by molar-refractivity contribution is -0.152. The molecule has 3 atom stereocenters. The van der Waals surface area contributed by atoms with Crippen LogP contribution in [0, 0.1) is 0 Å². The minimum absolute atomic E-state index is 0.0215. The third-order valence-corrected chi connectivity index (χ3v) is 8.13. The number of piperidine rings is 1. The number of carbonyl (C=O) groups excluding carboxylic acids is 3. The number of amides is 3. The average molecular weight is 575 g/mol. The summed E-state index contributed by atoms with van der Waals surface area (Å²) in [6, 6.07) is 14.6. The third-order valence-electron chi connectivity index (χ3n) is 7.81. The summed E-state index contributed by atoms with van der Waals surface area (Å²) >= 11 is 6.36. The monoisotopic (exact) mass is 574 g/mol. The number of anilines is 1. The van der Waals surface area contributed by atoms with Crippen molar-refractivity contribution in [1.82, 2.24) is 19.8 Å². The normalized spacial score (nSPS) is 21.0. The number of carbonyl (C=O) groups is 3. The maximum absolute atomic E-state index is 15.0. The number of halogens is 2. The molecule has 11 heteroatoms. The predicted octanol–water partition coefficient (Wildman–Crippen LogP) is 4.37. The van der Waals surface area contributed by atoms with Crippen LogP contribution in [0.5, 0.6) is 0 Å². The minimum Gasteiger partial charge on any atom is -0.309 e. The van der Waals surface area contributed by atoms with Crippen LogP contribution in [-0.4, -0.2) is 68.8 Å². The van der Waals surface area contributed by atoms with Gasteiger partial charge in [0.25, 0.3) is 5.91 Å². The van der Waals surface area contributed by atoms with Gasteiger partial charge in [-0.2, -0.15) is 10.2 Å². The molecule has 2 saturated heterocycles. The van der Waals surface area contributed by atoms with Gasteiger partial charge in [0.15, 0.2) is 0 Å². The molecule has 2 aromatic heterocycles. The number of imide groups is 1. The van der Waals surface area contributed by atoms with Crippen LogP contribution in [0.4, 0.5) is 10.1 Å². The molecule has 2 aromatic carbocycles. The van der Waals surface area contributed by atoms with E-state index in [-0.39, 0.29) is 18.9 Å². The minimum atomic E-state index is -1.28. The molecule has 2 fully saturated rings. The van der Waals surface area contributed by atoms with Crippen LogP contribution >= 0.6 is 11.6 Å². The molecule has 41 heavy (non-hydrogen) atoms. The number of fused-ring (bicyclic) bond motifs is 1. The summed E-state index contributed by atoms with van der Waals surface area (Å²) < 4.78 is 16.7. The standard InChI is InChI=1S/C30H28ClFN6O3/c1-19(39)38(27-7-4-13-35(29(27)40)26-6-3-2-5-24(26)31)30(41)28-16-23(32)18-37(28)36-14-11-21-15-20(8-9-25(21)36)22-10-12-33-34-17-22/h2-3,5-6,8-12,14-15,17,23,27-28H,4,7,13,16,18H2,1H3. The molecule has 0 radical (unpaired) electrons. The highest BCUT2D eigenvalue weighted by Gasteiger charge is 2.46. The fourth-order valence-electron chi connectivity index (χ4n) is 5.92. The van der Waals surface area contributed by atoms with Crippen LogP contribution in [0.25, 0.3) is 22.0 Å². The largest absolute Gasteiger partial charge is 0.309 e. The first-order valence-electron chi connectivity index (χ1n) is 13.5. The van der Waals surface area contributed by atoms with Crippen molar-refractivity contribution in [3.8, 4) is 11.1 Å². The first-order chi connectivity index (χ1) is 19.8. The zero-order valence-corrected chi connectivity index (χ0v) is 23.1. The molecule has 6 rings (SSSR count). The van der Waals surface area contributed by atoms with E-state index in [0.29, 0.717) is 30.1 Å². The Bertz CT molecular complexity index is 1630. The summed E-state index contributed by atoms with van der Waals surface area (Å²) in [5, 5.41) is 10.7. The Kier molecular flexibility index (Phi) is 7.17. The molecule has 210 valence electrons. The molecular weight excluding hydrogens is 547 g/mol. The first kappa shape index (κ1) is 26.9. The number of hydrogen-bond donors (Lipinski definition) is 0. The van der Waals surface area contributed by atoms with Crippen molar-refractivity contribution in [1.29, 1.82) is 0 Å². The van der Waals surface area contributed by atoms with E-state index in [9.17, 15) is 18.8 Å². The number of nitrogens with zero attached hydrogens (tertiary/aromatic N) is 6. The van der Waals surface area contributed by atoms with Gasteiger partial charge in [-0.3, -0.25) is 29.0 Å². The molecule has 0 N–H and O–H groups in total. The molecule has 9 nitrogen and oxygen atoms in total. The van der Waals surface area contributed by atoms with Gasteiger partial charge in [0.1, 0.15) is 18.3 Å². The fraction of sp³-hybridized carbons (Fsp3) is 0.300. The van der Waals surface area contributed by atoms with Crippen molar-refractivity contribution in [3.05, 3.63) is 78.2 Å². The number of aromatic nitrogens is 3. The highest BCUT2D eigenvalue weighted by atomic mass is 35.5. The van der Waals surface area contributed by atoms with Crippen molar-refractivity contribution in [2.45, 2.75) is 44.4 Å². The van der Waals surface area contributed by atoms with Gasteiger partial charge in [-0.1, -0.05) is 29.8 Å². The van der Waals surface area contributed by atoms with Crippen LogP contribution in [0.15, 0.2) is 73.2 Å². The van der Waals surface area contributed by atoms with Gasteiger partial charge in [-0.05, 0) is 54.8 Å². The van der Waals surface area contributed by atoms with Gasteiger partial charge in [0, 0.05) is 37.0 Å². The highest BCUT2D eigenvalue weighted by molar-refractivity contribution is 6.34. The lowest BCUT2D eigenvalue weighted by atomic mass is 10.0. The van der Waals surface area contributed by atoms with Gasteiger partial charge in [0.05, 0.1) is 35.2 Å². The molecule has 0 aliphatic carbocycles. The molecule has 0 bridgehead atoms. The van der Waals surface area contributed by atoms with Crippen LogP contribution in [0.3, 0.4) is 0 Å². The zero-order valence-electron chi connectivity index (χ0n) is 22.4. The molecular formula is C30H28ClFN6O3. The Balaban J connectivity index is 1.30. The molecule has 3 unspecified atom stereocenters. The summed E-state index contributed by atoms with van der Waals surface area (Å²) in [5.74, 6) is -1.51. The van der Waals surface area contributed by atoms with Crippen molar-refractivity contribution in [3.63, 3.8) is 0 Å². The van der Waals surface area contributed by atoms with Gasteiger partial charge in [-0.15, -0.1) is 0 Å². The number of hydrogen-bond acceptors (Lipinski definition) is 6. The van der Waals surface area contributed by atoms with E-state index in [0.717, 1.165) is 26.9 Å². The van der Waals surface area contributed by atoms with Gasteiger partial charge in [0.2, 0.25) is 11.8 Å². The molecule has 2 aliphatic heterocycles. The maximum Gasteiger partial charge on any atom is 0.254 e. The second-order valence-electron chi connectivity index (χ2n) is 10.4. The van der Waals surface area contributed by atoms with E-state index in [4.69, 9.17) is 11.6 Å². The van der Waals surface area contributed by atoms with Crippen LogP contribution in [-0.2, 0) is 14.4 Å². The van der Waals surface area contributed by atoms with E-state index in [1.54, 1.807) is 52.5 Å². The Labute approximate surface area is 241 Å². The molecule has 2 aliphatic rings. The average Bonchev–Trinajstić information content (AvgIpc) is 3.57. The molecule has 0 spiro atoms. The lowest BCUT2D eigenvalue weighted by Crippen LogP contribution is -2.60. The Morgan fingerprint density at radius 3 is 2.66 bits per heavy atom. The first-order valence-corrected chi connectivity index (χ1v) is 13.9. The van der Waals surface area contributed by atoms with Crippen molar-refractivity contribution < 1.29 is 18.8 Å². The number of rotatable bonds is 5. The van der Waals surface area contributed by atoms with Crippen molar-refractivity contribution in [2.75, 3.05) is 23.0 Å². The topological polar surface area (TPSA) is 91.6 Å². The summed E-state index contributed by atoms with van der Waals surface area (Å²) in [6.07, 6.45) is 4.64.